The molecule has 0 spiro atoms. The number of aromatic amines is 1. The number of nitrogens with one attached hydrogen (secondary N) is 1. The van der Waals surface area contributed by atoms with E-state index in [1.165, 1.54) is 0 Å². The smallest absolute Gasteiger partial charge is 0.253 e. The molecule has 1 atom stereocenters. The van der Waals surface area contributed by atoms with Crippen molar-refractivity contribution in [2.45, 2.75) is 25.7 Å². The Bertz CT molecular complexity index is 1110. The molecule has 1 amide bonds. The number of imidazole rings is 1. The summed E-state index contributed by atoms with van der Waals surface area (Å²) in [6.45, 7) is 3.41. The fraction of sp³-hybridized carbons (Fsp3) is 0.273. The number of H-pyrrole nitrogens is 1. The number of aryl methyl sites for hydroxylation is 1. The Morgan fingerprint density at radius 3 is 3.00 bits per heavy atom. The molecule has 1 aliphatic rings. The van der Waals surface area contributed by atoms with E-state index in [0.717, 1.165) is 53.0 Å². The normalized spacial score (nSPS) is 17.7. The van der Waals surface area contributed by atoms with Gasteiger partial charge in [-0.1, -0.05) is 12.1 Å². The molecule has 5 nitrogen and oxygen atoms in total. The number of fused-ring (bicyclic) bond motifs is 2. The van der Waals surface area contributed by atoms with Crippen molar-refractivity contribution in [3.05, 3.63) is 65.7 Å². The van der Waals surface area contributed by atoms with E-state index in [1.54, 1.807) is 0 Å². The van der Waals surface area contributed by atoms with Gasteiger partial charge in [-0.15, -0.1) is 0 Å². The predicted octanol–water partition coefficient (Wildman–Crippen LogP) is 4.64. The molecule has 136 valence electrons. The van der Waals surface area contributed by atoms with Gasteiger partial charge in [0.2, 0.25) is 0 Å². The van der Waals surface area contributed by atoms with Gasteiger partial charge >= 0.3 is 0 Å². The van der Waals surface area contributed by atoms with E-state index in [1.807, 2.05) is 60.4 Å². The minimum absolute atomic E-state index is 0.0802. The summed E-state index contributed by atoms with van der Waals surface area (Å²) < 4.78 is 5.61. The Kier molecular flexibility index (Phi) is 3.74. The van der Waals surface area contributed by atoms with Crippen molar-refractivity contribution in [3.63, 3.8) is 0 Å². The fourth-order valence-electron chi connectivity index (χ4n) is 4.04. The highest BCUT2D eigenvalue weighted by Gasteiger charge is 2.27. The number of hydrogen-bond donors (Lipinski definition) is 1. The maximum atomic E-state index is 13.1. The highest BCUT2D eigenvalue weighted by atomic mass is 16.3. The zero-order valence-corrected chi connectivity index (χ0v) is 15.2. The number of likely N-dealkylation sites (tertiary alicyclic amines) is 1. The number of nitrogens with zero attached hydrogens (tertiary/aromatic N) is 2. The van der Waals surface area contributed by atoms with Crippen molar-refractivity contribution in [1.29, 1.82) is 0 Å². The Labute approximate surface area is 157 Å². The van der Waals surface area contributed by atoms with E-state index in [-0.39, 0.29) is 11.8 Å². The van der Waals surface area contributed by atoms with Crippen LogP contribution in [0.2, 0.25) is 0 Å². The first-order chi connectivity index (χ1) is 13.2. The summed E-state index contributed by atoms with van der Waals surface area (Å²) in [6.07, 6.45) is 2.03. The maximum Gasteiger partial charge on any atom is 0.253 e. The van der Waals surface area contributed by atoms with E-state index in [9.17, 15) is 4.79 Å². The van der Waals surface area contributed by atoms with Gasteiger partial charge in [-0.3, -0.25) is 4.79 Å². The third kappa shape index (κ3) is 2.89. The van der Waals surface area contributed by atoms with Crippen molar-refractivity contribution < 1.29 is 9.21 Å². The highest BCUT2D eigenvalue weighted by molar-refractivity contribution is 5.98. The van der Waals surface area contributed by atoms with Gasteiger partial charge in [0.05, 0.1) is 11.0 Å². The lowest BCUT2D eigenvalue weighted by molar-refractivity contribution is 0.0705. The molecule has 27 heavy (non-hydrogen) atoms. The number of carbonyl (C=O) groups is 1. The molecule has 1 N–H and O–H groups in total. The second-order valence-corrected chi connectivity index (χ2v) is 7.34. The first-order valence-electron chi connectivity index (χ1n) is 9.41. The van der Waals surface area contributed by atoms with Gasteiger partial charge < -0.3 is 14.3 Å². The summed E-state index contributed by atoms with van der Waals surface area (Å²) in [5, 5.41) is 0.976. The molecule has 1 fully saturated rings. The number of piperidine rings is 1. The fourth-order valence-corrected chi connectivity index (χ4v) is 4.04. The Morgan fingerprint density at radius 1 is 1.22 bits per heavy atom. The van der Waals surface area contributed by atoms with Crippen LogP contribution in [0.15, 0.2) is 52.9 Å². The van der Waals surface area contributed by atoms with Crippen molar-refractivity contribution in [3.8, 4) is 0 Å². The molecule has 3 heterocycles. The number of carbonyl (C=O) groups excluding carboxylic acids is 1. The molecule has 1 unspecified atom stereocenters. The molecule has 0 aliphatic carbocycles. The number of rotatable bonds is 2. The second-order valence-electron chi connectivity index (χ2n) is 7.34. The van der Waals surface area contributed by atoms with E-state index >= 15 is 0 Å². The molecule has 1 aliphatic heterocycles. The first-order valence-corrected chi connectivity index (χ1v) is 9.41. The Hall–Kier alpha value is -3.08. The average Bonchev–Trinajstić information content (AvgIpc) is 3.29. The number of amides is 1. The summed E-state index contributed by atoms with van der Waals surface area (Å²) in [6, 6.07) is 15.7. The van der Waals surface area contributed by atoms with Crippen LogP contribution in [-0.2, 0) is 0 Å². The van der Waals surface area contributed by atoms with Gasteiger partial charge in [-0.25, -0.2) is 4.98 Å². The number of furan rings is 1. The van der Waals surface area contributed by atoms with Crippen LogP contribution < -0.4 is 0 Å². The summed E-state index contributed by atoms with van der Waals surface area (Å²) in [7, 11) is 0. The molecule has 0 bridgehead atoms. The van der Waals surface area contributed by atoms with Gasteiger partial charge in [0.1, 0.15) is 17.2 Å². The minimum Gasteiger partial charge on any atom is -0.461 e. The second kappa shape index (κ2) is 6.27. The van der Waals surface area contributed by atoms with Gasteiger partial charge in [0.15, 0.2) is 0 Å². The highest BCUT2D eigenvalue weighted by Crippen LogP contribution is 2.28. The van der Waals surface area contributed by atoms with Crippen LogP contribution in [0.5, 0.6) is 0 Å². The molecule has 2 aromatic carbocycles. The van der Waals surface area contributed by atoms with E-state index < -0.39 is 0 Å². The minimum atomic E-state index is 0.0802. The van der Waals surface area contributed by atoms with Crippen LogP contribution in [0, 0.1) is 6.92 Å². The summed E-state index contributed by atoms with van der Waals surface area (Å²) in [4.78, 5) is 23.2. The van der Waals surface area contributed by atoms with Gasteiger partial charge in [0.25, 0.3) is 5.91 Å². The van der Waals surface area contributed by atoms with Crippen LogP contribution in [0.3, 0.4) is 0 Å². The van der Waals surface area contributed by atoms with Gasteiger partial charge in [-0.05, 0) is 56.2 Å². The third-order valence-corrected chi connectivity index (χ3v) is 5.39. The van der Waals surface area contributed by atoms with Gasteiger partial charge in [0, 0.05) is 30.0 Å². The van der Waals surface area contributed by atoms with Crippen LogP contribution >= 0.6 is 0 Å². The van der Waals surface area contributed by atoms with Crippen molar-refractivity contribution in [1.82, 2.24) is 14.9 Å². The first kappa shape index (κ1) is 16.1. The third-order valence-electron chi connectivity index (χ3n) is 5.39. The quantitative estimate of drug-likeness (QED) is 0.567. The lowest BCUT2D eigenvalue weighted by Crippen LogP contribution is -2.39. The molecule has 1 saturated heterocycles. The summed E-state index contributed by atoms with van der Waals surface area (Å²) in [5.74, 6) is 2.17. The molecule has 2 aromatic heterocycles. The lowest BCUT2D eigenvalue weighted by atomic mass is 9.96. The molecular formula is C22H21N3O2. The molecule has 5 rings (SSSR count). The van der Waals surface area contributed by atoms with Crippen LogP contribution in [0.4, 0.5) is 0 Å². The van der Waals surface area contributed by atoms with E-state index in [0.29, 0.717) is 12.1 Å². The summed E-state index contributed by atoms with van der Waals surface area (Å²) in [5.41, 5.74) is 3.57. The average molecular weight is 359 g/mol. The number of para-hydroxylation sites is 2. The van der Waals surface area contributed by atoms with E-state index in [2.05, 4.69) is 4.98 Å². The molecule has 4 aromatic rings. The number of aromatic nitrogens is 2. The number of benzene rings is 2. The lowest BCUT2D eigenvalue weighted by Gasteiger charge is -2.32. The van der Waals surface area contributed by atoms with Crippen molar-refractivity contribution >= 4 is 27.9 Å². The van der Waals surface area contributed by atoms with Crippen LogP contribution in [0.25, 0.3) is 22.0 Å². The standard InChI is InChI=1S/C22H21N3O2/c1-14-11-17-12-15(8-9-20(17)27-14)22(26)25-10-4-5-16(13-25)21-23-18-6-2-3-7-19(18)24-21/h2-3,6-9,11-12,16H,4-5,10,13H2,1H3,(H,23,24). The number of hydrogen-bond acceptors (Lipinski definition) is 3. The molecule has 0 radical (unpaired) electrons. The van der Waals surface area contributed by atoms with Crippen molar-refractivity contribution in [2.75, 3.05) is 13.1 Å². The molecule has 0 saturated carbocycles. The Morgan fingerprint density at radius 2 is 2.11 bits per heavy atom. The maximum absolute atomic E-state index is 13.1. The van der Waals surface area contributed by atoms with E-state index in [4.69, 9.17) is 9.40 Å². The zero-order valence-electron chi connectivity index (χ0n) is 15.2. The van der Waals surface area contributed by atoms with Crippen molar-refractivity contribution in [2.24, 2.45) is 0 Å². The zero-order chi connectivity index (χ0) is 18.4. The predicted molar refractivity (Wildman–Crippen MR) is 105 cm³/mol. The SMILES string of the molecule is Cc1cc2cc(C(=O)N3CCCC(c4nc5ccccc5[nH]4)C3)ccc2o1. The summed E-state index contributed by atoms with van der Waals surface area (Å²) >= 11 is 0. The van der Waals surface area contributed by atoms with Crippen LogP contribution in [-0.4, -0.2) is 33.9 Å². The topological polar surface area (TPSA) is 62.1 Å². The monoisotopic (exact) mass is 359 g/mol. The molecule has 5 heteroatoms. The van der Waals surface area contributed by atoms with Crippen LogP contribution in [0.1, 0.15) is 40.7 Å². The Balaban J connectivity index is 1.39. The largest absolute Gasteiger partial charge is 0.461 e. The molecular weight excluding hydrogens is 338 g/mol. The van der Waals surface area contributed by atoms with Gasteiger partial charge in [-0.2, -0.15) is 0 Å².